The van der Waals surface area contributed by atoms with Gasteiger partial charge in [0.2, 0.25) is 0 Å². The molecule has 1 aliphatic rings. The third-order valence-electron chi connectivity index (χ3n) is 3.50. The molecule has 0 aliphatic carbocycles. The van der Waals surface area contributed by atoms with Crippen LogP contribution in [0.4, 0.5) is 4.79 Å². The first-order chi connectivity index (χ1) is 9.74. The highest BCUT2D eigenvalue weighted by Gasteiger charge is 2.31. The summed E-state index contributed by atoms with van der Waals surface area (Å²) >= 11 is 0. The number of rotatable bonds is 3. The Bertz CT molecular complexity index is 576. The highest BCUT2D eigenvalue weighted by Crippen LogP contribution is 2.31. The quantitative estimate of drug-likeness (QED) is 0.934. The number of aryl methyl sites for hydroxylation is 1. The number of urea groups is 1. The predicted octanol–water partition coefficient (Wildman–Crippen LogP) is 2.62. The van der Waals surface area contributed by atoms with Crippen molar-refractivity contribution < 1.29 is 13.7 Å². The maximum atomic E-state index is 12.2. The number of carbonyl (C=O) groups is 1. The molecule has 3 rings (SSSR count). The minimum atomic E-state index is -0.0930. The van der Waals surface area contributed by atoms with Crippen LogP contribution in [0, 0.1) is 6.92 Å². The normalized spacial score (nSPS) is 18.4. The summed E-state index contributed by atoms with van der Waals surface area (Å²) in [5, 5.41) is 6.89. The van der Waals surface area contributed by atoms with Crippen LogP contribution >= 0.6 is 0 Å². The molecule has 0 aromatic carbocycles. The van der Waals surface area contributed by atoms with Crippen molar-refractivity contribution in [3.05, 3.63) is 41.7 Å². The first-order valence-corrected chi connectivity index (χ1v) is 6.74. The number of aromatic nitrogens is 1. The Morgan fingerprint density at radius 2 is 2.50 bits per heavy atom. The molecule has 106 valence electrons. The van der Waals surface area contributed by atoms with Gasteiger partial charge in [0.1, 0.15) is 17.2 Å². The zero-order chi connectivity index (χ0) is 13.9. The zero-order valence-electron chi connectivity index (χ0n) is 11.3. The number of carbonyl (C=O) groups excluding carboxylic acids is 1. The van der Waals surface area contributed by atoms with Crippen molar-refractivity contribution in [3.63, 3.8) is 0 Å². The van der Waals surface area contributed by atoms with Crippen molar-refractivity contribution in [1.29, 1.82) is 0 Å². The maximum absolute atomic E-state index is 12.2. The number of amides is 2. The summed E-state index contributed by atoms with van der Waals surface area (Å²) in [6.07, 6.45) is 3.49. The van der Waals surface area contributed by atoms with Gasteiger partial charge in [0.05, 0.1) is 18.8 Å². The largest absolute Gasteiger partial charge is 0.467 e. The summed E-state index contributed by atoms with van der Waals surface area (Å²) < 4.78 is 10.3. The fraction of sp³-hybridized carbons (Fsp3) is 0.429. The molecule has 2 aromatic heterocycles. The second-order valence-electron chi connectivity index (χ2n) is 4.95. The average molecular weight is 275 g/mol. The monoisotopic (exact) mass is 275 g/mol. The number of hydrogen-bond donors (Lipinski definition) is 1. The number of furan rings is 1. The second kappa shape index (κ2) is 5.40. The van der Waals surface area contributed by atoms with Gasteiger partial charge in [0.25, 0.3) is 0 Å². The van der Waals surface area contributed by atoms with E-state index in [0.717, 1.165) is 36.6 Å². The van der Waals surface area contributed by atoms with E-state index in [2.05, 4.69) is 10.5 Å². The van der Waals surface area contributed by atoms with Crippen molar-refractivity contribution >= 4 is 6.03 Å². The lowest BCUT2D eigenvalue weighted by atomic mass is 10.1. The van der Waals surface area contributed by atoms with Crippen molar-refractivity contribution in [2.75, 3.05) is 6.54 Å². The van der Waals surface area contributed by atoms with Crippen LogP contribution in [0.25, 0.3) is 0 Å². The molecule has 3 heterocycles. The highest BCUT2D eigenvalue weighted by atomic mass is 16.5. The molecule has 1 aliphatic heterocycles. The molecule has 20 heavy (non-hydrogen) atoms. The molecule has 1 N–H and O–H groups in total. The molecule has 2 amide bonds. The van der Waals surface area contributed by atoms with Gasteiger partial charge in [-0.05, 0) is 31.9 Å². The molecule has 6 heteroatoms. The number of nitrogens with zero attached hydrogens (tertiary/aromatic N) is 2. The summed E-state index contributed by atoms with van der Waals surface area (Å²) in [5.74, 6) is 1.51. The highest BCUT2D eigenvalue weighted by molar-refractivity contribution is 5.75. The van der Waals surface area contributed by atoms with Gasteiger partial charge in [-0.2, -0.15) is 0 Å². The molecule has 1 saturated heterocycles. The molecular weight excluding hydrogens is 258 g/mol. The Morgan fingerprint density at radius 3 is 3.20 bits per heavy atom. The molecule has 0 spiro atoms. The van der Waals surface area contributed by atoms with Gasteiger partial charge >= 0.3 is 6.03 Å². The molecule has 2 aromatic rings. The minimum absolute atomic E-state index is 0.00375. The van der Waals surface area contributed by atoms with Crippen LogP contribution in [0.3, 0.4) is 0 Å². The Balaban J connectivity index is 1.64. The average Bonchev–Trinajstić information content (AvgIpc) is 3.16. The lowest BCUT2D eigenvalue weighted by Gasteiger charge is -2.23. The van der Waals surface area contributed by atoms with Crippen molar-refractivity contribution in [2.24, 2.45) is 0 Å². The topological polar surface area (TPSA) is 71.5 Å². The smallest absolute Gasteiger partial charge is 0.318 e. The number of hydrogen-bond acceptors (Lipinski definition) is 4. The summed E-state index contributed by atoms with van der Waals surface area (Å²) in [4.78, 5) is 14.1. The fourth-order valence-electron chi connectivity index (χ4n) is 2.54. The van der Waals surface area contributed by atoms with Crippen LogP contribution < -0.4 is 5.32 Å². The Kier molecular flexibility index (Phi) is 3.45. The third kappa shape index (κ3) is 2.54. The molecule has 0 radical (unpaired) electrons. The van der Waals surface area contributed by atoms with Gasteiger partial charge in [0, 0.05) is 12.6 Å². The summed E-state index contributed by atoms with van der Waals surface area (Å²) in [6.45, 7) is 2.99. The lowest BCUT2D eigenvalue weighted by Crippen LogP contribution is -2.39. The molecular formula is C14H17N3O3. The molecule has 6 nitrogen and oxygen atoms in total. The van der Waals surface area contributed by atoms with Crippen LogP contribution in [-0.4, -0.2) is 22.6 Å². The van der Waals surface area contributed by atoms with Crippen LogP contribution in [0.5, 0.6) is 0 Å². The van der Waals surface area contributed by atoms with Crippen molar-refractivity contribution in [2.45, 2.75) is 32.4 Å². The minimum Gasteiger partial charge on any atom is -0.467 e. The summed E-state index contributed by atoms with van der Waals surface area (Å²) in [5.41, 5.74) is 0.827. The number of likely N-dealkylation sites (tertiary alicyclic amines) is 1. The van der Waals surface area contributed by atoms with Gasteiger partial charge in [-0.3, -0.25) is 0 Å². The molecule has 0 bridgehead atoms. The van der Waals surface area contributed by atoms with Gasteiger partial charge in [-0.1, -0.05) is 5.16 Å². The Hall–Kier alpha value is -2.24. The van der Waals surface area contributed by atoms with Crippen LogP contribution in [0.1, 0.15) is 36.1 Å². The van der Waals surface area contributed by atoms with Gasteiger partial charge < -0.3 is 19.2 Å². The number of nitrogens with one attached hydrogen (secondary N) is 1. The molecule has 0 saturated carbocycles. The van der Waals surface area contributed by atoms with E-state index in [1.54, 1.807) is 17.2 Å². The second-order valence-corrected chi connectivity index (χ2v) is 4.95. The van der Waals surface area contributed by atoms with Crippen LogP contribution in [-0.2, 0) is 6.54 Å². The molecule has 1 atom stereocenters. The van der Waals surface area contributed by atoms with E-state index >= 15 is 0 Å². The van der Waals surface area contributed by atoms with E-state index < -0.39 is 0 Å². The van der Waals surface area contributed by atoms with Crippen LogP contribution in [0.2, 0.25) is 0 Å². The van der Waals surface area contributed by atoms with E-state index in [1.165, 1.54) is 0 Å². The first kappa shape index (κ1) is 12.8. The van der Waals surface area contributed by atoms with E-state index in [4.69, 9.17) is 8.94 Å². The van der Waals surface area contributed by atoms with Crippen LogP contribution in [0.15, 0.2) is 33.4 Å². The predicted molar refractivity (Wildman–Crippen MR) is 70.9 cm³/mol. The summed E-state index contributed by atoms with van der Waals surface area (Å²) in [7, 11) is 0. The van der Waals surface area contributed by atoms with Crippen molar-refractivity contribution in [3.8, 4) is 0 Å². The van der Waals surface area contributed by atoms with Gasteiger partial charge in [-0.25, -0.2) is 4.79 Å². The van der Waals surface area contributed by atoms with E-state index in [0.29, 0.717) is 6.54 Å². The standard InChI is InChI=1S/C14H17N3O3/c1-10-8-12(16-20-10)13-5-2-6-17(13)14(18)15-9-11-4-3-7-19-11/h3-4,7-8,13H,2,5-6,9H2,1H3,(H,15,18)/t13-/m0/s1. The SMILES string of the molecule is Cc1cc([C@@H]2CCCN2C(=O)NCc2ccco2)no1. The zero-order valence-corrected chi connectivity index (χ0v) is 11.3. The van der Waals surface area contributed by atoms with Gasteiger partial charge in [0.15, 0.2) is 0 Å². The third-order valence-corrected chi connectivity index (χ3v) is 3.50. The van der Waals surface area contributed by atoms with Gasteiger partial charge in [-0.15, -0.1) is 0 Å². The lowest BCUT2D eigenvalue weighted by molar-refractivity contribution is 0.189. The van der Waals surface area contributed by atoms with E-state index in [1.807, 2.05) is 19.1 Å². The Labute approximate surface area is 116 Å². The first-order valence-electron chi connectivity index (χ1n) is 6.74. The fourth-order valence-corrected chi connectivity index (χ4v) is 2.54. The van der Waals surface area contributed by atoms with Crippen molar-refractivity contribution in [1.82, 2.24) is 15.4 Å². The maximum Gasteiger partial charge on any atom is 0.318 e. The molecule has 1 fully saturated rings. The Morgan fingerprint density at radius 1 is 1.60 bits per heavy atom. The summed E-state index contributed by atoms with van der Waals surface area (Å²) in [6, 6.07) is 5.44. The van der Waals surface area contributed by atoms with E-state index in [-0.39, 0.29) is 12.1 Å². The molecule has 0 unspecified atom stereocenters. The van der Waals surface area contributed by atoms with E-state index in [9.17, 15) is 4.79 Å².